The predicted molar refractivity (Wildman–Crippen MR) is 134 cm³/mol. The number of rotatable bonds is 5. The summed E-state index contributed by atoms with van der Waals surface area (Å²) in [6, 6.07) is 15.4. The van der Waals surface area contributed by atoms with E-state index in [1.54, 1.807) is 68.4 Å². The van der Waals surface area contributed by atoms with Gasteiger partial charge in [-0.15, -0.1) is 0 Å². The van der Waals surface area contributed by atoms with Crippen molar-refractivity contribution in [3.63, 3.8) is 0 Å². The third-order valence-electron chi connectivity index (χ3n) is 5.58. The van der Waals surface area contributed by atoms with Gasteiger partial charge in [0.1, 0.15) is 5.76 Å². The molecule has 0 aliphatic carbocycles. The topological polar surface area (TPSA) is 87.1 Å². The number of aliphatic hydroxyl groups is 1. The highest BCUT2D eigenvalue weighted by atomic mass is 79.9. The maximum atomic E-state index is 13.3. The van der Waals surface area contributed by atoms with Crippen LogP contribution in [-0.2, 0) is 9.59 Å². The molecule has 174 valence electrons. The highest BCUT2D eigenvalue weighted by Crippen LogP contribution is 2.45. The van der Waals surface area contributed by atoms with Crippen LogP contribution in [0.1, 0.15) is 29.7 Å². The van der Waals surface area contributed by atoms with Crippen LogP contribution in [0, 0.1) is 6.92 Å². The summed E-state index contributed by atoms with van der Waals surface area (Å²) < 4.78 is 6.33. The number of benzene rings is 3. The van der Waals surface area contributed by atoms with Gasteiger partial charge in [-0.25, -0.2) is 0 Å². The van der Waals surface area contributed by atoms with Crippen LogP contribution in [0.4, 0.5) is 5.69 Å². The predicted octanol–water partition coefficient (Wildman–Crippen LogP) is 6.14. The molecule has 4 rings (SSSR count). The minimum absolute atomic E-state index is 0.0604. The lowest BCUT2D eigenvalue weighted by Gasteiger charge is -2.27. The van der Waals surface area contributed by atoms with E-state index >= 15 is 0 Å². The zero-order valence-electron chi connectivity index (χ0n) is 18.4. The second kappa shape index (κ2) is 9.52. The van der Waals surface area contributed by atoms with Gasteiger partial charge in [-0.2, -0.15) is 0 Å². The Hall–Kier alpha value is -3.29. The van der Waals surface area contributed by atoms with Crippen LogP contribution >= 0.6 is 27.5 Å². The molecule has 0 saturated carbocycles. The molecule has 1 fully saturated rings. The Balaban J connectivity index is 1.98. The number of phenols is 1. The van der Waals surface area contributed by atoms with Crippen LogP contribution in [-0.4, -0.2) is 28.5 Å². The molecule has 1 aliphatic heterocycles. The van der Waals surface area contributed by atoms with Crippen molar-refractivity contribution < 1.29 is 24.5 Å². The van der Waals surface area contributed by atoms with Gasteiger partial charge in [0.05, 0.1) is 18.2 Å². The normalized spacial score (nSPS) is 17.3. The Morgan fingerprint density at radius 3 is 2.44 bits per heavy atom. The van der Waals surface area contributed by atoms with Crippen molar-refractivity contribution in [2.75, 3.05) is 11.5 Å². The Bertz CT molecular complexity index is 1320. The molecule has 2 N–H and O–H groups in total. The number of phenolic OH excluding ortho intramolecular Hbond substituents is 1. The Labute approximate surface area is 210 Å². The summed E-state index contributed by atoms with van der Waals surface area (Å²) in [4.78, 5) is 27.9. The van der Waals surface area contributed by atoms with Crippen molar-refractivity contribution in [3.8, 4) is 11.5 Å². The van der Waals surface area contributed by atoms with Gasteiger partial charge in [-0.3, -0.25) is 14.5 Å². The van der Waals surface area contributed by atoms with Crippen molar-refractivity contribution in [1.82, 2.24) is 0 Å². The van der Waals surface area contributed by atoms with Crippen LogP contribution in [0.25, 0.3) is 5.76 Å². The number of nitrogens with zero attached hydrogens (tertiary/aromatic N) is 1. The fourth-order valence-electron chi connectivity index (χ4n) is 4.02. The number of carbonyl (C=O) groups excluding carboxylic acids is 2. The van der Waals surface area contributed by atoms with E-state index in [0.717, 1.165) is 4.47 Å². The number of aromatic hydroxyl groups is 1. The van der Waals surface area contributed by atoms with Gasteiger partial charge >= 0.3 is 0 Å². The van der Waals surface area contributed by atoms with Crippen LogP contribution in [0.5, 0.6) is 11.5 Å². The summed E-state index contributed by atoms with van der Waals surface area (Å²) in [6.45, 7) is 3.88. The molecule has 1 unspecified atom stereocenters. The Morgan fingerprint density at radius 2 is 1.79 bits per heavy atom. The summed E-state index contributed by atoms with van der Waals surface area (Å²) >= 11 is 9.48. The number of Topliss-reactive ketones (excluding diaryl/α,β-unsaturated/α-hetero) is 1. The second-order valence-electron chi connectivity index (χ2n) is 7.77. The SMILES string of the molecule is CCOc1cc(C2/C(=C(\O)c3ccc(Br)cc3)C(=O)C(=O)N2c2ccc(Cl)cc2C)ccc1O. The van der Waals surface area contributed by atoms with Crippen molar-refractivity contribution in [1.29, 1.82) is 0 Å². The minimum atomic E-state index is -0.955. The number of amides is 1. The third kappa shape index (κ3) is 4.29. The number of anilines is 1. The van der Waals surface area contributed by atoms with E-state index in [-0.39, 0.29) is 22.8 Å². The smallest absolute Gasteiger partial charge is 0.300 e. The van der Waals surface area contributed by atoms with Gasteiger partial charge < -0.3 is 14.9 Å². The minimum Gasteiger partial charge on any atom is -0.507 e. The fraction of sp³-hybridized carbons (Fsp3) is 0.154. The van der Waals surface area contributed by atoms with Crippen molar-refractivity contribution >= 4 is 50.7 Å². The van der Waals surface area contributed by atoms with Gasteiger partial charge in [0.25, 0.3) is 11.7 Å². The second-order valence-corrected chi connectivity index (χ2v) is 9.12. The average molecular weight is 543 g/mol. The molecule has 1 saturated heterocycles. The summed E-state index contributed by atoms with van der Waals surface area (Å²) in [6.07, 6.45) is 0. The maximum absolute atomic E-state index is 13.3. The number of hydrogen-bond acceptors (Lipinski definition) is 5. The number of ketones is 1. The Morgan fingerprint density at radius 1 is 1.09 bits per heavy atom. The summed E-state index contributed by atoms with van der Waals surface area (Å²) in [5, 5.41) is 21.9. The summed E-state index contributed by atoms with van der Waals surface area (Å²) in [5.41, 5.74) is 2.00. The molecular weight excluding hydrogens is 522 g/mol. The molecule has 0 radical (unpaired) electrons. The van der Waals surface area contributed by atoms with E-state index in [1.165, 1.54) is 11.0 Å². The first-order valence-corrected chi connectivity index (χ1v) is 11.7. The number of aliphatic hydroxyl groups excluding tert-OH is 1. The summed E-state index contributed by atoms with van der Waals surface area (Å²) in [5.74, 6) is -1.75. The van der Waals surface area contributed by atoms with Crippen LogP contribution in [0.3, 0.4) is 0 Å². The first kappa shape index (κ1) is 23.9. The molecule has 3 aromatic carbocycles. The molecule has 1 amide bonds. The molecule has 1 aliphatic rings. The van der Waals surface area contributed by atoms with Crippen molar-refractivity contribution in [3.05, 3.63) is 92.4 Å². The van der Waals surface area contributed by atoms with E-state index in [1.807, 2.05) is 0 Å². The zero-order valence-corrected chi connectivity index (χ0v) is 20.7. The van der Waals surface area contributed by atoms with Gasteiger partial charge in [-0.05, 0) is 67.4 Å². The highest BCUT2D eigenvalue weighted by Gasteiger charge is 2.47. The average Bonchev–Trinajstić information content (AvgIpc) is 3.06. The molecule has 6 nitrogen and oxygen atoms in total. The lowest BCUT2D eigenvalue weighted by molar-refractivity contribution is -0.132. The zero-order chi connectivity index (χ0) is 24.6. The van der Waals surface area contributed by atoms with Crippen molar-refractivity contribution in [2.45, 2.75) is 19.9 Å². The molecular formula is C26H21BrClNO5. The van der Waals surface area contributed by atoms with Gasteiger partial charge in [0.15, 0.2) is 11.5 Å². The molecule has 0 aromatic heterocycles. The molecule has 1 heterocycles. The van der Waals surface area contributed by atoms with Gasteiger partial charge in [-0.1, -0.05) is 45.7 Å². The molecule has 3 aromatic rings. The molecule has 8 heteroatoms. The van der Waals surface area contributed by atoms with Crippen molar-refractivity contribution in [2.24, 2.45) is 0 Å². The number of halogens is 2. The third-order valence-corrected chi connectivity index (χ3v) is 6.34. The van der Waals surface area contributed by atoms with E-state index < -0.39 is 17.7 Å². The van der Waals surface area contributed by atoms with Gasteiger partial charge in [0, 0.05) is 20.7 Å². The Kier molecular flexibility index (Phi) is 6.68. The number of aryl methyl sites for hydroxylation is 1. The van der Waals surface area contributed by atoms with E-state index in [0.29, 0.717) is 34.0 Å². The molecule has 34 heavy (non-hydrogen) atoms. The highest BCUT2D eigenvalue weighted by molar-refractivity contribution is 9.10. The first-order chi connectivity index (χ1) is 16.2. The van der Waals surface area contributed by atoms with E-state index in [2.05, 4.69) is 15.9 Å². The molecule has 0 spiro atoms. The lowest BCUT2D eigenvalue weighted by atomic mass is 9.94. The largest absolute Gasteiger partial charge is 0.507 e. The number of carbonyl (C=O) groups is 2. The van der Waals surface area contributed by atoms with E-state index in [4.69, 9.17) is 16.3 Å². The standard InChI is InChI=1S/C26H21BrClNO5/c1-3-34-21-13-16(6-11-20(21)30)23-22(24(31)15-4-7-17(27)8-5-15)25(32)26(33)29(23)19-10-9-18(28)12-14(19)2/h4-13,23,30-31H,3H2,1-2H3/b24-22+. The quantitative estimate of drug-likeness (QED) is 0.230. The number of ether oxygens (including phenoxy) is 1. The van der Waals surface area contributed by atoms with Crippen LogP contribution in [0.15, 0.2) is 70.7 Å². The first-order valence-electron chi connectivity index (χ1n) is 10.5. The van der Waals surface area contributed by atoms with Crippen LogP contribution < -0.4 is 9.64 Å². The maximum Gasteiger partial charge on any atom is 0.300 e. The van der Waals surface area contributed by atoms with Gasteiger partial charge in [0.2, 0.25) is 0 Å². The van der Waals surface area contributed by atoms with Crippen LogP contribution in [0.2, 0.25) is 5.02 Å². The lowest BCUT2D eigenvalue weighted by Crippen LogP contribution is -2.30. The molecule has 1 atom stereocenters. The monoisotopic (exact) mass is 541 g/mol. The number of hydrogen-bond donors (Lipinski definition) is 2. The summed E-state index contributed by atoms with van der Waals surface area (Å²) in [7, 11) is 0. The fourth-order valence-corrected chi connectivity index (χ4v) is 4.51. The van der Waals surface area contributed by atoms with E-state index in [9.17, 15) is 19.8 Å². The molecule has 0 bridgehead atoms.